The molecule has 10 heavy (non-hydrogen) atoms. The van der Waals surface area contributed by atoms with E-state index in [-0.39, 0.29) is 0 Å². The van der Waals surface area contributed by atoms with Crippen molar-refractivity contribution < 1.29 is 0 Å². The normalized spacial score (nSPS) is 33.8. The van der Waals surface area contributed by atoms with Crippen LogP contribution in [0.5, 0.6) is 0 Å². The van der Waals surface area contributed by atoms with Gasteiger partial charge >= 0.3 is 0 Å². The zero-order valence-corrected chi connectivity index (χ0v) is 6.90. The molecule has 0 bridgehead atoms. The van der Waals surface area contributed by atoms with Crippen LogP contribution in [0.3, 0.4) is 0 Å². The SMILES string of the molecule is [CH2]/C1=C/CCCCCC1C. The summed E-state index contributed by atoms with van der Waals surface area (Å²) in [6.07, 6.45) is 9.08. The van der Waals surface area contributed by atoms with E-state index in [0.717, 1.165) is 5.92 Å². The maximum atomic E-state index is 4.04. The molecule has 0 aromatic rings. The molecule has 57 valence electrons. The highest BCUT2D eigenvalue weighted by atomic mass is 14.1. The fourth-order valence-electron chi connectivity index (χ4n) is 1.45. The summed E-state index contributed by atoms with van der Waals surface area (Å²) in [5, 5.41) is 0. The summed E-state index contributed by atoms with van der Waals surface area (Å²) >= 11 is 0. The molecule has 0 aromatic heterocycles. The van der Waals surface area contributed by atoms with E-state index in [1.807, 2.05) is 0 Å². The van der Waals surface area contributed by atoms with E-state index in [4.69, 9.17) is 0 Å². The van der Waals surface area contributed by atoms with E-state index in [1.165, 1.54) is 37.7 Å². The molecular weight excluding hydrogens is 120 g/mol. The molecule has 0 heterocycles. The van der Waals surface area contributed by atoms with Crippen LogP contribution in [0.25, 0.3) is 0 Å². The van der Waals surface area contributed by atoms with Crippen LogP contribution in [0.2, 0.25) is 0 Å². The van der Waals surface area contributed by atoms with E-state index >= 15 is 0 Å². The van der Waals surface area contributed by atoms with Crippen LogP contribution < -0.4 is 0 Å². The van der Waals surface area contributed by atoms with Crippen LogP contribution in [0.1, 0.15) is 39.0 Å². The van der Waals surface area contributed by atoms with Crippen molar-refractivity contribution in [3.05, 3.63) is 18.6 Å². The summed E-state index contributed by atoms with van der Waals surface area (Å²) in [7, 11) is 0. The molecule has 0 saturated carbocycles. The molecule has 0 nitrogen and oxygen atoms in total. The van der Waals surface area contributed by atoms with Crippen molar-refractivity contribution in [3.63, 3.8) is 0 Å². The van der Waals surface area contributed by atoms with Crippen molar-refractivity contribution in [2.75, 3.05) is 0 Å². The maximum absolute atomic E-state index is 4.04. The van der Waals surface area contributed by atoms with Gasteiger partial charge in [0.05, 0.1) is 0 Å². The first-order chi connectivity index (χ1) is 4.80. The first-order valence-electron chi connectivity index (χ1n) is 4.32. The topological polar surface area (TPSA) is 0 Å². The second-order valence-electron chi connectivity index (χ2n) is 3.32. The molecule has 0 aromatic carbocycles. The second-order valence-corrected chi connectivity index (χ2v) is 3.32. The molecule has 1 unspecified atom stereocenters. The van der Waals surface area contributed by atoms with Crippen molar-refractivity contribution in [2.45, 2.75) is 39.0 Å². The van der Waals surface area contributed by atoms with E-state index < -0.39 is 0 Å². The minimum absolute atomic E-state index is 0.736. The smallest absolute Gasteiger partial charge is 0.0232 e. The maximum Gasteiger partial charge on any atom is -0.0232 e. The van der Waals surface area contributed by atoms with Gasteiger partial charge in [-0.25, -0.2) is 0 Å². The fraction of sp³-hybridized carbons (Fsp3) is 0.700. The van der Waals surface area contributed by atoms with Gasteiger partial charge in [0.25, 0.3) is 0 Å². The first kappa shape index (κ1) is 7.84. The van der Waals surface area contributed by atoms with Gasteiger partial charge in [-0.1, -0.05) is 31.4 Å². The van der Waals surface area contributed by atoms with Crippen LogP contribution in [0.15, 0.2) is 11.6 Å². The Kier molecular flexibility index (Phi) is 2.98. The molecule has 0 heteroatoms. The summed E-state index contributed by atoms with van der Waals surface area (Å²) in [6, 6.07) is 0. The number of rotatable bonds is 0. The highest BCUT2D eigenvalue weighted by Crippen LogP contribution is 2.21. The Hall–Kier alpha value is -0.260. The van der Waals surface area contributed by atoms with Crippen LogP contribution >= 0.6 is 0 Å². The molecule has 1 atom stereocenters. The Balaban J connectivity index is 2.48. The van der Waals surface area contributed by atoms with Gasteiger partial charge in [0, 0.05) is 0 Å². The van der Waals surface area contributed by atoms with Crippen molar-refractivity contribution in [2.24, 2.45) is 5.92 Å². The van der Waals surface area contributed by atoms with Gasteiger partial charge in [0.15, 0.2) is 0 Å². The highest BCUT2D eigenvalue weighted by molar-refractivity contribution is 5.09. The molecule has 1 rings (SSSR count). The molecular formula is C10H17. The molecule has 0 amide bonds. The first-order valence-corrected chi connectivity index (χ1v) is 4.32. The number of allylic oxidation sites excluding steroid dienone is 2. The van der Waals surface area contributed by atoms with Crippen LogP contribution in [0, 0.1) is 12.8 Å². The number of hydrogen-bond donors (Lipinski definition) is 0. The molecule has 0 aliphatic heterocycles. The molecule has 0 fully saturated rings. The lowest BCUT2D eigenvalue weighted by Gasteiger charge is -2.14. The number of hydrogen-bond acceptors (Lipinski definition) is 0. The van der Waals surface area contributed by atoms with E-state index in [1.54, 1.807) is 0 Å². The van der Waals surface area contributed by atoms with Gasteiger partial charge in [-0.2, -0.15) is 0 Å². The summed E-state index contributed by atoms with van der Waals surface area (Å²) in [6.45, 7) is 6.32. The third-order valence-electron chi connectivity index (χ3n) is 2.38. The van der Waals surface area contributed by atoms with Crippen molar-refractivity contribution >= 4 is 0 Å². The van der Waals surface area contributed by atoms with Crippen molar-refractivity contribution in [1.29, 1.82) is 0 Å². The van der Waals surface area contributed by atoms with Gasteiger partial charge in [-0.3, -0.25) is 0 Å². The van der Waals surface area contributed by atoms with Crippen LogP contribution in [0.4, 0.5) is 0 Å². The highest BCUT2D eigenvalue weighted by Gasteiger charge is 2.05. The van der Waals surface area contributed by atoms with Gasteiger partial charge in [-0.05, 0) is 32.1 Å². The van der Waals surface area contributed by atoms with Crippen molar-refractivity contribution in [3.8, 4) is 0 Å². The van der Waals surface area contributed by atoms with Gasteiger partial charge < -0.3 is 0 Å². The van der Waals surface area contributed by atoms with Gasteiger partial charge in [-0.15, -0.1) is 0 Å². The Morgan fingerprint density at radius 1 is 1.40 bits per heavy atom. The lowest BCUT2D eigenvalue weighted by molar-refractivity contribution is 0.536. The van der Waals surface area contributed by atoms with Crippen LogP contribution in [-0.4, -0.2) is 0 Å². The summed E-state index contributed by atoms with van der Waals surface area (Å²) in [4.78, 5) is 0. The lowest BCUT2D eigenvalue weighted by atomic mass is 9.92. The minimum Gasteiger partial charge on any atom is -0.0851 e. The quantitative estimate of drug-likeness (QED) is 0.480. The Labute approximate surface area is 64.3 Å². The predicted octanol–water partition coefficient (Wildman–Crippen LogP) is 3.35. The van der Waals surface area contributed by atoms with E-state index in [9.17, 15) is 0 Å². The van der Waals surface area contributed by atoms with Crippen molar-refractivity contribution in [1.82, 2.24) is 0 Å². The van der Waals surface area contributed by atoms with E-state index in [2.05, 4.69) is 19.9 Å². The predicted molar refractivity (Wildman–Crippen MR) is 45.7 cm³/mol. The molecule has 1 aliphatic carbocycles. The Bertz CT molecular complexity index is 122. The largest absolute Gasteiger partial charge is 0.0851 e. The lowest BCUT2D eigenvalue weighted by Crippen LogP contribution is -1.99. The standard InChI is InChI=1S/C10H17/c1-9-7-5-3-4-6-8-10(9)2/h7,10H,1,3-6,8H2,2H3/b9-7-. The molecule has 1 radical (unpaired) electrons. The van der Waals surface area contributed by atoms with E-state index in [0.29, 0.717) is 0 Å². The molecule has 1 aliphatic rings. The monoisotopic (exact) mass is 137 g/mol. The third kappa shape index (κ3) is 2.17. The summed E-state index contributed by atoms with van der Waals surface area (Å²) in [5.41, 5.74) is 1.36. The summed E-state index contributed by atoms with van der Waals surface area (Å²) < 4.78 is 0. The average molecular weight is 137 g/mol. The Morgan fingerprint density at radius 2 is 2.20 bits per heavy atom. The molecule has 0 N–H and O–H groups in total. The molecule has 0 spiro atoms. The minimum atomic E-state index is 0.736. The third-order valence-corrected chi connectivity index (χ3v) is 2.38. The van der Waals surface area contributed by atoms with Gasteiger partial charge in [0.2, 0.25) is 0 Å². The van der Waals surface area contributed by atoms with Gasteiger partial charge in [0.1, 0.15) is 0 Å². The second kappa shape index (κ2) is 3.80. The Morgan fingerprint density at radius 3 is 3.00 bits per heavy atom. The summed E-state index contributed by atoms with van der Waals surface area (Å²) in [5.74, 6) is 0.736. The molecule has 0 saturated heterocycles. The zero-order valence-electron chi connectivity index (χ0n) is 6.90. The zero-order chi connectivity index (χ0) is 7.40. The fourth-order valence-corrected chi connectivity index (χ4v) is 1.45. The average Bonchev–Trinajstić information content (AvgIpc) is 1.92. The van der Waals surface area contributed by atoms with Crippen LogP contribution in [-0.2, 0) is 0 Å².